The predicted molar refractivity (Wildman–Crippen MR) is 90.4 cm³/mol. The first-order valence-electron chi connectivity index (χ1n) is 7.23. The number of aromatic amines is 1. The van der Waals surface area contributed by atoms with Crippen molar-refractivity contribution in [3.05, 3.63) is 81.8 Å². The zero-order valence-corrected chi connectivity index (χ0v) is 13.5. The Morgan fingerprint density at radius 3 is 2.52 bits per heavy atom. The highest BCUT2D eigenvalue weighted by atomic mass is 32.2. The molecule has 3 aromatic rings. The van der Waals surface area contributed by atoms with Crippen LogP contribution in [0.1, 0.15) is 22.4 Å². The van der Waals surface area contributed by atoms with Gasteiger partial charge in [0.2, 0.25) is 0 Å². The lowest BCUT2D eigenvalue weighted by Gasteiger charge is -2.07. The maximum absolute atomic E-state index is 12.3. The molecule has 0 bridgehead atoms. The van der Waals surface area contributed by atoms with Crippen molar-refractivity contribution in [1.29, 1.82) is 0 Å². The van der Waals surface area contributed by atoms with E-state index >= 15 is 0 Å². The van der Waals surface area contributed by atoms with Crippen molar-refractivity contribution in [1.82, 2.24) is 19.9 Å². The summed E-state index contributed by atoms with van der Waals surface area (Å²) in [7, 11) is 0. The summed E-state index contributed by atoms with van der Waals surface area (Å²) in [5.41, 5.74) is 3.39. The Labute approximate surface area is 138 Å². The maximum atomic E-state index is 12.3. The normalized spacial score (nSPS) is 10.7. The van der Waals surface area contributed by atoms with E-state index in [1.807, 2.05) is 25.1 Å². The van der Waals surface area contributed by atoms with Crippen LogP contribution in [-0.4, -0.2) is 19.9 Å². The van der Waals surface area contributed by atoms with Crippen LogP contribution in [0.2, 0.25) is 0 Å². The molecule has 0 aliphatic heterocycles. The van der Waals surface area contributed by atoms with E-state index < -0.39 is 0 Å². The minimum atomic E-state index is -0.100. The third kappa shape index (κ3) is 4.04. The Bertz CT molecular complexity index is 834. The molecule has 3 rings (SSSR count). The van der Waals surface area contributed by atoms with Crippen LogP contribution in [0, 0.1) is 6.92 Å². The summed E-state index contributed by atoms with van der Waals surface area (Å²) in [4.78, 5) is 27.6. The number of benzene rings is 1. The van der Waals surface area contributed by atoms with Crippen molar-refractivity contribution in [2.45, 2.75) is 24.3 Å². The van der Waals surface area contributed by atoms with E-state index in [1.54, 1.807) is 12.4 Å². The first-order chi connectivity index (χ1) is 11.2. The molecule has 0 radical (unpaired) electrons. The third-order valence-corrected chi connectivity index (χ3v) is 4.36. The Morgan fingerprint density at radius 2 is 1.83 bits per heavy atom. The topological polar surface area (TPSA) is 71.5 Å². The highest BCUT2D eigenvalue weighted by molar-refractivity contribution is 7.98. The predicted octanol–water partition coefficient (Wildman–Crippen LogP) is 2.75. The second-order valence-corrected chi connectivity index (χ2v) is 6.10. The Balaban J connectivity index is 1.76. The van der Waals surface area contributed by atoms with Crippen LogP contribution in [0.5, 0.6) is 0 Å². The zero-order chi connectivity index (χ0) is 16.1. The van der Waals surface area contributed by atoms with Gasteiger partial charge in [0.25, 0.3) is 5.56 Å². The number of nitrogens with one attached hydrogen (secondary N) is 1. The standard InChI is InChI=1S/C17H16N4OS/c1-12-15(7-14-8-18-11-19-9-14)16(22)21-17(20-12)23-10-13-5-3-2-4-6-13/h2-6,8-9,11H,7,10H2,1H3,(H,20,21,22). The fourth-order valence-electron chi connectivity index (χ4n) is 2.21. The molecule has 0 spiro atoms. The van der Waals surface area contributed by atoms with E-state index in [1.165, 1.54) is 23.7 Å². The van der Waals surface area contributed by atoms with Crippen molar-refractivity contribution in [3.63, 3.8) is 0 Å². The molecule has 6 heteroatoms. The fraction of sp³-hybridized carbons (Fsp3) is 0.176. The van der Waals surface area contributed by atoms with Gasteiger partial charge >= 0.3 is 0 Å². The number of aromatic nitrogens is 4. The van der Waals surface area contributed by atoms with Crippen LogP contribution in [0.15, 0.2) is 59.0 Å². The summed E-state index contributed by atoms with van der Waals surface area (Å²) in [6.45, 7) is 1.86. The highest BCUT2D eigenvalue weighted by Gasteiger charge is 2.10. The highest BCUT2D eigenvalue weighted by Crippen LogP contribution is 2.19. The zero-order valence-electron chi connectivity index (χ0n) is 12.7. The number of hydrogen-bond acceptors (Lipinski definition) is 5. The molecule has 1 N–H and O–H groups in total. The van der Waals surface area contributed by atoms with Gasteiger partial charge in [-0.2, -0.15) is 0 Å². The maximum Gasteiger partial charge on any atom is 0.255 e. The number of thioether (sulfide) groups is 1. The lowest BCUT2D eigenvalue weighted by Crippen LogP contribution is -2.17. The average molecular weight is 324 g/mol. The molecule has 116 valence electrons. The minimum absolute atomic E-state index is 0.100. The van der Waals surface area contributed by atoms with Crippen molar-refractivity contribution in [3.8, 4) is 0 Å². The van der Waals surface area contributed by atoms with Gasteiger partial charge in [-0.15, -0.1) is 0 Å². The van der Waals surface area contributed by atoms with Gasteiger partial charge in [-0.3, -0.25) is 4.79 Å². The monoisotopic (exact) mass is 324 g/mol. The van der Waals surface area contributed by atoms with Crippen molar-refractivity contribution >= 4 is 11.8 Å². The van der Waals surface area contributed by atoms with Crippen LogP contribution in [0.3, 0.4) is 0 Å². The summed E-state index contributed by atoms with van der Waals surface area (Å²) < 4.78 is 0. The van der Waals surface area contributed by atoms with E-state index in [2.05, 4.69) is 32.1 Å². The molecular weight excluding hydrogens is 308 g/mol. The number of nitrogens with zero attached hydrogens (tertiary/aromatic N) is 3. The van der Waals surface area contributed by atoms with Crippen molar-refractivity contribution < 1.29 is 0 Å². The molecule has 23 heavy (non-hydrogen) atoms. The molecule has 0 fully saturated rings. The van der Waals surface area contributed by atoms with Gasteiger partial charge in [0.1, 0.15) is 6.33 Å². The SMILES string of the molecule is Cc1nc(SCc2ccccc2)[nH]c(=O)c1Cc1cncnc1. The Hall–Kier alpha value is -2.47. The minimum Gasteiger partial charge on any atom is -0.301 e. The number of rotatable bonds is 5. The second-order valence-electron chi connectivity index (χ2n) is 5.13. The molecule has 0 amide bonds. The van der Waals surface area contributed by atoms with Crippen molar-refractivity contribution in [2.24, 2.45) is 0 Å². The van der Waals surface area contributed by atoms with Crippen LogP contribution in [0.25, 0.3) is 0 Å². The second kappa shape index (κ2) is 7.19. The quantitative estimate of drug-likeness (QED) is 0.577. The summed E-state index contributed by atoms with van der Waals surface area (Å²) in [6, 6.07) is 10.1. The van der Waals surface area contributed by atoms with Gasteiger partial charge < -0.3 is 4.98 Å². The lowest BCUT2D eigenvalue weighted by molar-refractivity contribution is 0.863. The van der Waals surface area contributed by atoms with E-state index in [9.17, 15) is 4.79 Å². The molecular formula is C17H16N4OS. The summed E-state index contributed by atoms with van der Waals surface area (Å²) in [5.74, 6) is 0.773. The molecule has 0 unspecified atom stereocenters. The summed E-state index contributed by atoms with van der Waals surface area (Å²) in [5, 5.41) is 0.643. The first kappa shape index (κ1) is 15.4. The van der Waals surface area contributed by atoms with Gasteiger partial charge in [-0.05, 0) is 18.1 Å². The van der Waals surface area contributed by atoms with E-state index in [4.69, 9.17) is 0 Å². The summed E-state index contributed by atoms with van der Waals surface area (Å²) >= 11 is 1.53. The average Bonchev–Trinajstić information content (AvgIpc) is 2.58. The van der Waals surface area contributed by atoms with Crippen molar-refractivity contribution in [2.75, 3.05) is 0 Å². The molecule has 2 aromatic heterocycles. The van der Waals surface area contributed by atoms with Crippen LogP contribution in [-0.2, 0) is 12.2 Å². The third-order valence-electron chi connectivity index (χ3n) is 3.41. The molecule has 5 nitrogen and oxygen atoms in total. The Morgan fingerprint density at radius 1 is 1.09 bits per heavy atom. The van der Waals surface area contributed by atoms with Crippen LogP contribution < -0.4 is 5.56 Å². The molecule has 0 saturated carbocycles. The number of aryl methyl sites for hydroxylation is 1. The molecule has 0 atom stereocenters. The van der Waals surface area contributed by atoms with Gasteiger partial charge in [-0.1, -0.05) is 42.1 Å². The molecule has 0 aliphatic rings. The lowest BCUT2D eigenvalue weighted by atomic mass is 10.1. The number of hydrogen-bond donors (Lipinski definition) is 1. The molecule has 0 aliphatic carbocycles. The largest absolute Gasteiger partial charge is 0.301 e. The van der Waals surface area contributed by atoms with Crippen LogP contribution in [0.4, 0.5) is 0 Å². The summed E-state index contributed by atoms with van der Waals surface area (Å²) in [6.07, 6.45) is 5.38. The van der Waals surface area contributed by atoms with Gasteiger partial charge in [0.05, 0.1) is 0 Å². The van der Waals surface area contributed by atoms with Gasteiger partial charge in [-0.25, -0.2) is 15.0 Å². The molecule has 1 aromatic carbocycles. The molecule has 2 heterocycles. The van der Waals surface area contributed by atoms with E-state index in [0.717, 1.165) is 17.0 Å². The smallest absolute Gasteiger partial charge is 0.255 e. The fourth-order valence-corrected chi connectivity index (χ4v) is 3.07. The van der Waals surface area contributed by atoms with Crippen LogP contribution >= 0.6 is 11.8 Å². The van der Waals surface area contributed by atoms with E-state index in [0.29, 0.717) is 17.1 Å². The molecule has 0 saturated heterocycles. The number of H-pyrrole nitrogens is 1. The van der Waals surface area contributed by atoms with Gasteiger partial charge in [0.15, 0.2) is 5.16 Å². The van der Waals surface area contributed by atoms with Gasteiger partial charge in [0, 0.05) is 35.8 Å². The van der Waals surface area contributed by atoms with E-state index in [-0.39, 0.29) is 5.56 Å². The Kier molecular flexibility index (Phi) is 4.83. The first-order valence-corrected chi connectivity index (χ1v) is 8.21.